The molecule has 2 aromatic carbocycles. The zero-order chi connectivity index (χ0) is 14.4. The number of H-pyrrole nitrogens is 1. The average molecular weight is 278 g/mol. The fourth-order valence-corrected chi connectivity index (χ4v) is 2.75. The summed E-state index contributed by atoms with van der Waals surface area (Å²) in [5, 5.41) is 3.30. The lowest BCUT2D eigenvalue weighted by Crippen LogP contribution is -1.89. The third kappa shape index (κ3) is 1.72. The highest BCUT2D eigenvalue weighted by molar-refractivity contribution is 6.10. The molecule has 0 radical (unpaired) electrons. The van der Waals surface area contributed by atoms with Gasteiger partial charge in [0.2, 0.25) is 0 Å². The molecule has 104 valence electrons. The van der Waals surface area contributed by atoms with E-state index in [1.165, 1.54) is 0 Å². The first-order valence-corrected chi connectivity index (χ1v) is 6.73. The first-order valence-electron chi connectivity index (χ1n) is 6.73. The summed E-state index contributed by atoms with van der Waals surface area (Å²) in [5.41, 5.74) is 2.85. The van der Waals surface area contributed by atoms with Gasteiger partial charge in [-0.2, -0.15) is 0 Å². The molecule has 0 saturated heterocycles. The Kier molecular flexibility index (Phi) is 2.51. The number of hydrogen-bond donors (Lipinski definition) is 1. The van der Waals surface area contributed by atoms with Crippen molar-refractivity contribution in [1.82, 2.24) is 9.97 Å². The van der Waals surface area contributed by atoms with Gasteiger partial charge in [-0.1, -0.05) is 18.2 Å². The van der Waals surface area contributed by atoms with Gasteiger partial charge in [0.25, 0.3) is 0 Å². The molecule has 2 aromatic heterocycles. The van der Waals surface area contributed by atoms with Crippen LogP contribution in [-0.2, 0) is 0 Å². The number of aromatic nitrogens is 2. The molecule has 0 spiro atoms. The third-order valence-electron chi connectivity index (χ3n) is 3.79. The molecule has 0 fully saturated rings. The van der Waals surface area contributed by atoms with E-state index in [4.69, 9.17) is 9.47 Å². The Labute approximate surface area is 121 Å². The lowest BCUT2D eigenvalue weighted by atomic mass is 10.1. The number of methoxy groups -OCH3 is 2. The molecular weight excluding hydrogens is 264 g/mol. The van der Waals surface area contributed by atoms with Gasteiger partial charge < -0.3 is 14.5 Å². The van der Waals surface area contributed by atoms with Crippen LogP contribution in [0.4, 0.5) is 0 Å². The minimum atomic E-state index is 0.709. The van der Waals surface area contributed by atoms with E-state index in [0.717, 1.165) is 38.6 Å². The van der Waals surface area contributed by atoms with Gasteiger partial charge in [0.1, 0.15) is 5.65 Å². The second-order valence-electron chi connectivity index (χ2n) is 4.96. The Hall–Kier alpha value is -2.75. The first-order chi connectivity index (χ1) is 10.3. The van der Waals surface area contributed by atoms with Crippen molar-refractivity contribution in [2.75, 3.05) is 14.2 Å². The van der Waals surface area contributed by atoms with Gasteiger partial charge in [-0.05, 0) is 18.2 Å². The van der Waals surface area contributed by atoms with E-state index in [2.05, 4.69) is 22.1 Å². The van der Waals surface area contributed by atoms with E-state index in [0.29, 0.717) is 5.75 Å². The quantitative estimate of drug-likeness (QED) is 0.605. The van der Waals surface area contributed by atoms with E-state index in [1.54, 1.807) is 14.2 Å². The number of nitrogens with zero attached hydrogens (tertiary/aromatic N) is 1. The van der Waals surface area contributed by atoms with Gasteiger partial charge in [-0.25, -0.2) is 4.98 Å². The molecule has 4 nitrogen and oxygen atoms in total. The smallest absolute Gasteiger partial charge is 0.162 e. The van der Waals surface area contributed by atoms with Crippen LogP contribution in [0.15, 0.2) is 42.5 Å². The molecule has 0 bridgehead atoms. The van der Waals surface area contributed by atoms with Crippen molar-refractivity contribution in [3.63, 3.8) is 0 Å². The van der Waals surface area contributed by atoms with Crippen molar-refractivity contribution >= 4 is 32.8 Å². The normalized spacial score (nSPS) is 11.3. The fraction of sp³-hybridized carbons (Fsp3) is 0.118. The predicted octanol–water partition coefficient (Wildman–Crippen LogP) is 3.89. The number of pyridine rings is 1. The molecule has 4 aromatic rings. The number of para-hydroxylation sites is 1. The van der Waals surface area contributed by atoms with E-state index in [9.17, 15) is 0 Å². The predicted molar refractivity (Wildman–Crippen MR) is 84.2 cm³/mol. The molecule has 0 aliphatic heterocycles. The second kappa shape index (κ2) is 4.38. The van der Waals surface area contributed by atoms with Crippen LogP contribution in [0.3, 0.4) is 0 Å². The third-order valence-corrected chi connectivity index (χ3v) is 3.79. The lowest BCUT2D eigenvalue weighted by Gasteiger charge is -2.07. The number of rotatable bonds is 2. The maximum atomic E-state index is 5.39. The standard InChI is InChI=1S/C17H14N2O2/c1-20-15-8-11-12-7-10-5-3-4-6-13(10)18-17(12)19-14(11)9-16(15)21-2/h3-9H,1-2H3,(H,18,19). The molecule has 4 heteroatoms. The van der Waals surface area contributed by atoms with Gasteiger partial charge in [0, 0.05) is 22.2 Å². The van der Waals surface area contributed by atoms with Crippen LogP contribution in [0, 0.1) is 0 Å². The lowest BCUT2D eigenvalue weighted by molar-refractivity contribution is 0.356. The summed E-state index contributed by atoms with van der Waals surface area (Å²) >= 11 is 0. The Morgan fingerprint density at radius 1 is 0.905 bits per heavy atom. The van der Waals surface area contributed by atoms with E-state index in [1.807, 2.05) is 30.3 Å². The molecule has 0 amide bonds. The molecule has 0 unspecified atom stereocenters. The zero-order valence-corrected chi connectivity index (χ0v) is 11.8. The Bertz CT molecular complexity index is 973. The van der Waals surface area contributed by atoms with Crippen molar-refractivity contribution in [3.05, 3.63) is 42.5 Å². The summed E-state index contributed by atoms with van der Waals surface area (Å²) in [5.74, 6) is 1.43. The van der Waals surface area contributed by atoms with Gasteiger partial charge in [0.15, 0.2) is 11.5 Å². The summed E-state index contributed by atoms with van der Waals surface area (Å²) in [7, 11) is 3.28. The molecular formula is C17H14N2O2. The topological polar surface area (TPSA) is 47.1 Å². The number of ether oxygens (including phenoxy) is 2. The Balaban J connectivity index is 2.13. The molecule has 21 heavy (non-hydrogen) atoms. The number of aromatic amines is 1. The van der Waals surface area contributed by atoms with Crippen LogP contribution in [-0.4, -0.2) is 24.2 Å². The van der Waals surface area contributed by atoms with Crippen molar-refractivity contribution in [2.45, 2.75) is 0 Å². The average Bonchev–Trinajstić information content (AvgIpc) is 2.87. The number of hydrogen-bond acceptors (Lipinski definition) is 3. The first kappa shape index (κ1) is 12.0. The van der Waals surface area contributed by atoms with Crippen molar-refractivity contribution in [1.29, 1.82) is 0 Å². The van der Waals surface area contributed by atoms with Gasteiger partial charge in [-0.3, -0.25) is 0 Å². The summed E-state index contributed by atoms with van der Waals surface area (Å²) in [6.45, 7) is 0. The van der Waals surface area contributed by atoms with Gasteiger partial charge in [-0.15, -0.1) is 0 Å². The monoisotopic (exact) mass is 278 g/mol. The maximum absolute atomic E-state index is 5.39. The molecule has 2 heterocycles. The summed E-state index contributed by atoms with van der Waals surface area (Å²) < 4.78 is 10.7. The number of benzene rings is 2. The van der Waals surface area contributed by atoms with Crippen LogP contribution in [0.1, 0.15) is 0 Å². The van der Waals surface area contributed by atoms with Crippen LogP contribution in [0.5, 0.6) is 11.5 Å². The van der Waals surface area contributed by atoms with Gasteiger partial charge >= 0.3 is 0 Å². The highest BCUT2D eigenvalue weighted by Gasteiger charge is 2.12. The Morgan fingerprint density at radius 3 is 2.48 bits per heavy atom. The van der Waals surface area contributed by atoms with Crippen molar-refractivity contribution in [3.8, 4) is 11.5 Å². The minimum Gasteiger partial charge on any atom is -0.493 e. The Morgan fingerprint density at radius 2 is 1.67 bits per heavy atom. The molecule has 1 N–H and O–H groups in total. The largest absolute Gasteiger partial charge is 0.493 e. The van der Waals surface area contributed by atoms with E-state index in [-0.39, 0.29) is 0 Å². The van der Waals surface area contributed by atoms with Crippen molar-refractivity contribution < 1.29 is 9.47 Å². The summed E-state index contributed by atoms with van der Waals surface area (Å²) in [4.78, 5) is 8.04. The minimum absolute atomic E-state index is 0.709. The SMILES string of the molecule is COc1cc2[nH]c3nc4ccccc4cc3c2cc1OC. The fourth-order valence-electron chi connectivity index (χ4n) is 2.75. The zero-order valence-electron chi connectivity index (χ0n) is 11.8. The van der Waals surface area contributed by atoms with Crippen molar-refractivity contribution in [2.24, 2.45) is 0 Å². The highest BCUT2D eigenvalue weighted by atomic mass is 16.5. The second-order valence-corrected chi connectivity index (χ2v) is 4.96. The maximum Gasteiger partial charge on any atom is 0.162 e. The molecule has 0 atom stereocenters. The van der Waals surface area contributed by atoms with Gasteiger partial charge in [0.05, 0.1) is 25.3 Å². The van der Waals surface area contributed by atoms with E-state index >= 15 is 0 Å². The number of nitrogens with one attached hydrogen (secondary N) is 1. The van der Waals surface area contributed by atoms with Crippen LogP contribution >= 0.6 is 0 Å². The molecule has 4 rings (SSSR count). The number of fused-ring (bicyclic) bond motifs is 4. The van der Waals surface area contributed by atoms with Crippen LogP contribution < -0.4 is 9.47 Å². The van der Waals surface area contributed by atoms with Crippen LogP contribution in [0.2, 0.25) is 0 Å². The molecule has 0 aliphatic carbocycles. The van der Waals surface area contributed by atoms with E-state index < -0.39 is 0 Å². The van der Waals surface area contributed by atoms with Crippen LogP contribution in [0.25, 0.3) is 32.8 Å². The summed E-state index contributed by atoms with van der Waals surface area (Å²) in [6, 6.07) is 14.2. The summed E-state index contributed by atoms with van der Waals surface area (Å²) in [6.07, 6.45) is 0. The molecule has 0 aliphatic rings. The molecule has 0 saturated carbocycles. The highest BCUT2D eigenvalue weighted by Crippen LogP contribution is 2.36.